The molecular weight excluding hydrogens is 303 g/mol. The van der Waals surface area contributed by atoms with Crippen LogP contribution in [0.15, 0.2) is 33.7 Å². The van der Waals surface area contributed by atoms with Crippen LogP contribution < -0.4 is 5.32 Å². The van der Waals surface area contributed by atoms with Gasteiger partial charge in [-0.15, -0.1) is 11.8 Å². The number of hydrogen-bond donors (Lipinski definition) is 1. The van der Waals surface area contributed by atoms with Crippen LogP contribution in [0.2, 0.25) is 5.02 Å². The van der Waals surface area contributed by atoms with Crippen LogP contribution in [0, 0.1) is 12.7 Å². The molecule has 0 spiro atoms. The first-order valence-corrected chi connectivity index (χ1v) is 7.07. The summed E-state index contributed by atoms with van der Waals surface area (Å²) >= 11 is 6.98. The molecule has 1 heterocycles. The Balaban J connectivity index is 1.98. The Bertz CT molecular complexity index is 633. The van der Waals surface area contributed by atoms with Gasteiger partial charge in [0.2, 0.25) is 5.91 Å². The minimum atomic E-state index is -0.480. The number of nitrogens with one attached hydrogen (secondary N) is 1. The molecule has 0 fully saturated rings. The third-order valence-corrected chi connectivity index (χ3v) is 3.84. The molecule has 4 nitrogen and oxygen atoms in total. The maximum atomic E-state index is 13.0. The fraction of sp³-hybridized carbons (Fsp3) is 0.231. The lowest BCUT2D eigenvalue weighted by molar-refractivity contribution is -0.115. The van der Waals surface area contributed by atoms with E-state index in [0.717, 1.165) is 4.90 Å². The number of amides is 1. The Morgan fingerprint density at radius 3 is 2.85 bits per heavy atom. The first-order chi connectivity index (χ1) is 9.45. The Labute approximate surface area is 124 Å². The molecule has 1 amide bonds. The molecule has 0 unspecified atom stereocenters. The van der Waals surface area contributed by atoms with Crippen molar-refractivity contribution in [1.29, 1.82) is 0 Å². The molecule has 1 atom stereocenters. The van der Waals surface area contributed by atoms with E-state index in [1.54, 1.807) is 26.0 Å². The zero-order chi connectivity index (χ0) is 14.7. The van der Waals surface area contributed by atoms with Crippen LogP contribution in [-0.4, -0.2) is 16.3 Å². The van der Waals surface area contributed by atoms with Crippen LogP contribution in [0.1, 0.15) is 12.7 Å². The third kappa shape index (κ3) is 3.74. The van der Waals surface area contributed by atoms with Gasteiger partial charge in [0, 0.05) is 11.0 Å². The van der Waals surface area contributed by atoms with E-state index in [4.69, 9.17) is 16.1 Å². The Morgan fingerprint density at radius 1 is 1.50 bits per heavy atom. The van der Waals surface area contributed by atoms with Crippen molar-refractivity contribution in [3.05, 3.63) is 40.9 Å². The van der Waals surface area contributed by atoms with Gasteiger partial charge in [-0.2, -0.15) is 0 Å². The van der Waals surface area contributed by atoms with Gasteiger partial charge in [-0.25, -0.2) is 4.39 Å². The summed E-state index contributed by atoms with van der Waals surface area (Å²) in [5, 5.41) is 5.98. The van der Waals surface area contributed by atoms with Crippen molar-refractivity contribution < 1.29 is 13.7 Å². The number of aryl methyl sites for hydroxylation is 1. The molecule has 0 saturated heterocycles. The van der Waals surface area contributed by atoms with E-state index in [9.17, 15) is 9.18 Å². The predicted molar refractivity (Wildman–Crippen MR) is 76.6 cm³/mol. The van der Waals surface area contributed by atoms with Crippen LogP contribution in [0.4, 0.5) is 10.2 Å². The van der Waals surface area contributed by atoms with Gasteiger partial charge in [0.25, 0.3) is 0 Å². The quantitative estimate of drug-likeness (QED) is 0.870. The van der Waals surface area contributed by atoms with Crippen molar-refractivity contribution in [2.24, 2.45) is 0 Å². The molecule has 7 heteroatoms. The van der Waals surface area contributed by atoms with Crippen molar-refractivity contribution in [1.82, 2.24) is 5.16 Å². The first-order valence-electron chi connectivity index (χ1n) is 5.81. The second-order valence-electron chi connectivity index (χ2n) is 4.15. The van der Waals surface area contributed by atoms with Crippen molar-refractivity contribution in [3.63, 3.8) is 0 Å². The minimum absolute atomic E-state index is 0.0368. The number of rotatable bonds is 4. The third-order valence-electron chi connectivity index (χ3n) is 2.45. The van der Waals surface area contributed by atoms with Gasteiger partial charge >= 0.3 is 0 Å². The summed E-state index contributed by atoms with van der Waals surface area (Å²) in [6.07, 6.45) is 0. The summed E-state index contributed by atoms with van der Waals surface area (Å²) in [5.74, 6) is 0.290. The summed E-state index contributed by atoms with van der Waals surface area (Å²) in [4.78, 5) is 12.7. The second kappa shape index (κ2) is 6.28. The highest BCUT2D eigenvalue weighted by atomic mass is 35.5. The maximum absolute atomic E-state index is 13.0. The SMILES string of the molecule is Cc1cc(NC(=O)[C@@H](C)Sc2ccc(F)c(Cl)c2)no1. The first kappa shape index (κ1) is 14.9. The molecular formula is C13H12ClFN2O2S. The van der Waals surface area contributed by atoms with Gasteiger partial charge in [0.05, 0.1) is 10.3 Å². The average molecular weight is 315 g/mol. The Hall–Kier alpha value is -1.53. The number of hydrogen-bond acceptors (Lipinski definition) is 4. The molecule has 1 N–H and O–H groups in total. The number of aromatic nitrogens is 1. The van der Waals surface area contributed by atoms with Crippen LogP contribution in [0.5, 0.6) is 0 Å². The number of anilines is 1. The lowest BCUT2D eigenvalue weighted by atomic mass is 10.3. The smallest absolute Gasteiger partial charge is 0.238 e. The fourth-order valence-corrected chi connectivity index (χ4v) is 2.61. The molecule has 0 bridgehead atoms. The van der Waals surface area contributed by atoms with E-state index in [2.05, 4.69) is 10.5 Å². The zero-order valence-electron chi connectivity index (χ0n) is 10.8. The summed E-state index contributed by atoms with van der Waals surface area (Å²) in [6.45, 7) is 3.48. The highest BCUT2D eigenvalue weighted by molar-refractivity contribution is 8.00. The number of thioether (sulfide) groups is 1. The maximum Gasteiger partial charge on any atom is 0.238 e. The zero-order valence-corrected chi connectivity index (χ0v) is 12.4. The largest absolute Gasteiger partial charge is 0.360 e. The van der Waals surface area contributed by atoms with Gasteiger partial charge in [0.1, 0.15) is 11.6 Å². The molecule has 1 aromatic heterocycles. The van der Waals surface area contributed by atoms with E-state index in [-0.39, 0.29) is 16.2 Å². The number of carbonyl (C=O) groups excluding carboxylic acids is 1. The van der Waals surface area contributed by atoms with Crippen LogP contribution in [0.25, 0.3) is 0 Å². The molecule has 106 valence electrons. The van der Waals surface area contributed by atoms with Crippen molar-refractivity contribution in [2.45, 2.75) is 24.0 Å². The minimum Gasteiger partial charge on any atom is -0.360 e. The van der Waals surface area contributed by atoms with Crippen molar-refractivity contribution in [3.8, 4) is 0 Å². The molecule has 1 aromatic carbocycles. The lowest BCUT2D eigenvalue weighted by Gasteiger charge is -2.10. The number of nitrogens with zero attached hydrogens (tertiary/aromatic N) is 1. The van der Waals surface area contributed by atoms with Gasteiger partial charge in [-0.1, -0.05) is 16.8 Å². The van der Waals surface area contributed by atoms with E-state index in [0.29, 0.717) is 11.6 Å². The van der Waals surface area contributed by atoms with Gasteiger partial charge in [0.15, 0.2) is 5.82 Å². The van der Waals surface area contributed by atoms with Crippen LogP contribution in [-0.2, 0) is 4.79 Å². The van der Waals surface area contributed by atoms with E-state index in [1.807, 2.05) is 0 Å². The molecule has 0 aliphatic rings. The normalized spacial score (nSPS) is 12.2. The number of benzene rings is 1. The van der Waals surface area contributed by atoms with E-state index in [1.165, 1.54) is 23.9 Å². The molecule has 2 rings (SSSR count). The van der Waals surface area contributed by atoms with Crippen LogP contribution >= 0.6 is 23.4 Å². The van der Waals surface area contributed by atoms with E-state index < -0.39 is 5.82 Å². The Morgan fingerprint density at radius 2 is 2.25 bits per heavy atom. The molecule has 2 aromatic rings. The van der Waals surface area contributed by atoms with Crippen LogP contribution in [0.3, 0.4) is 0 Å². The van der Waals surface area contributed by atoms with Gasteiger partial charge < -0.3 is 9.84 Å². The summed E-state index contributed by atoms with van der Waals surface area (Å²) in [7, 11) is 0. The highest BCUT2D eigenvalue weighted by Crippen LogP contribution is 2.27. The fourth-order valence-electron chi connectivity index (χ4n) is 1.46. The summed E-state index contributed by atoms with van der Waals surface area (Å²) in [6, 6.07) is 5.97. The predicted octanol–water partition coefficient (Wildman–Crippen LogP) is 3.89. The topological polar surface area (TPSA) is 55.1 Å². The summed E-state index contributed by atoms with van der Waals surface area (Å²) < 4.78 is 17.9. The van der Waals surface area contributed by atoms with Gasteiger partial charge in [-0.05, 0) is 32.0 Å². The van der Waals surface area contributed by atoms with Gasteiger partial charge in [-0.3, -0.25) is 4.79 Å². The highest BCUT2D eigenvalue weighted by Gasteiger charge is 2.16. The molecule has 0 saturated carbocycles. The lowest BCUT2D eigenvalue weighted by Crippen LogP contribution is -2.22. The molecule has 0 aliphatic carbocycles. The Kier molecular flexibility index (Phi) is 4.67. The molecule has 0 radical (unpaired) electrons. The number of halogens is 2. The molecule has 0 aliphatic heterocycles. The van der Waals surface area contributed by atoms with Crippen molar-refractivity contribution in [2.75, 3.05) is 5.32 Å². The monoisotopic (exact) mass is 314 g/mol. The molecule has 20 heavy (non-hydrogen) atoms. The summed E-state index contributed by atoms with van der Waals surface area (Å²) in [5.41, 5.74) is 0. The number of carbonyl (C=O) groups is 1. The standard InChI is InChI=1S/C13H12ClFN2O2S/c1-7-5-12(17-19-7)16-13(18)8(2)20-9-3-4-11(15)10(14)6-9/h3-6,8H,1-2H3,(H,16,17,18)/t8-/m1/s1. The second-order valence-corrected chi connectivity index (χ2v) is 5.97. The van der Waals surface area contributed by atoms with Crippen molar-refractivity contribution >= 4 is 35.1 Å². The van der Waals surface area contributed by atoms with E-state index >= 15 is 0 Å². The average Bonchev–Trinajstić information content (AvgIpc) is 2.79.